The molecule has 1 atom stereocenters. The highest BCUT2D eigenvalue weighted by Gasteiger charge is 2.33. The normalized spacial score (nSPS) is 28.4. The maximum Gasteiger partial charge on any atom is 0.0406 e. The second-order valence-electron chi connectivity index (χ2n) is 5.25. The molecule has 1 aromatic carbocycles. The smallest absolute Gasteiger partial charge is 0.0406 e. The van der Waals surface area contributed by atoms with Crippen molar-refractivity contribution in [1.82, 2.24) is 10.2 Å². The molecule has 3 heterocycles. The molecule has 108 valence electrons. The number of hydrogen-bond acceptors (Lipinski definition) is 2. The molecular weight excluding hydrogens is 303 g/mol. The number of nitrogens with one attached hydrogen (secondary N) is 1. The number of nitrogens with zero attached hydrogens (tertiary/aromatic N) is 1. The van der Waals surface area contributed by atoms with E-state index in [1.54, 1.807) is 0 Å². The van der Waals surface area contributed by atoms with Crippen molar-refractivity contribution < 1.29 is 0 Å². The minimum atomic E-state index is 0. The lowest BCUT2D eigenvalue weighted by Crippen LogP contribution is -2.55. The molecule has 1 N–H and O–H groups in total. The molecule has 0 saturated carbocycles. The van der Waals surface area contributed by atoms with Crippen LogP contribution in [0, 0.1) is 5.92 Å². The van der Waals surface area contributed by atoms with E-state index in [1.165, 1.54) is 38.0 Å². The molecule has 1 unspecified atom stereocenters. The van der Waals surface area contributed by atoms with Crippen molar-refractivity contribution >= 4 is 36.4 Å². The maximum atomic E-state index is 5.88. The van der Waals surface area contributed by atoms with E-state index in [4.69, 9.17) is 11.6 Å². The molecule has 2 nitrogen and oxygen atoms in total. The zero-order valence-corrected chi connectivity index (χ0v) is 13.2. The molecule has 2 bridgehead atoms. The zero-order valence-electron chi connectivity index (χ0n) is 10.8. The summed E-state index contributed by atoms with van der Waals surface area (Å²) < 4.78 is 0. The number of rotatable bonds is 3. The summed E-state index contributed by atoms with van der Waals surface area (Å²) in [4.78, 5) is 2.58. The van der Waals surface area contributed by atoms with E-state index in [1.807, 2.05) is 12.1 Å². The van der Waals surface area contributed by atoms with Crippen LogP contribution in [0.3, 0.4) is 0 Å². The van der Waals surface area contributed by atoms with Gasteiger partial charge in [0.25, 0.3) is 0 Å². The van der Waals surface area contributed by atoms with Gasteiger partial charge in [0.1, 0.15) is 0 Å². The fourth-order valence-corrected chi connectivity index (χ4v) is 3.17. The lowest BCUT2D eigenvalue weighted by molar-refractivity contribution is 0.0720. The lowest BCUT2D eigenvalue weighted by Gasteiger charge is -2.45. The largest absolute Gasteiger partial charge is 0.308 e. The number of hydrogen-bond donors (Lipinski definition) is 1. The minimum Gasteiger partial charge on any atom is -0.308 e. The van der Waals surface area contributed by atoms with Crippen molar-refractivity contribution in [2.45, 2.75) is 25.4 Å². The molecule has 0 radical (unpaired) electrons. The molecule has 0 aliphatic carbocycles. The van der Waals surface area contributed by atoms with Gasteiger partial charge in [0.05, 0.1) is 0 Å². The standard InChI is InChI=1S/C14H19ClN2.2ClH/c15-13-3-1-11(2-4-13)9-16-14-10-17-7-5-12(14)6-8-17;;/h1-4,12,14,16H,5-10H2;2*1H. The molecule has 4 rings (SSSR count). The Labute approximate surface area is 132 Å². The molecule has 0 spiro atoms. The van der Waals surface area contributed by atoms with Crippen LogP contribution in [0.4, 0.5) is 0 Å². The molecule has 1 aromatic rings. The minimum absolute atomic E-state index is 0. The monoisotopic (exact) mass is 322 g/mol. The van der Waals surface area contributed by atoms with Crippen molar-refractivity contribution in [3.63, 3.8) is 0 Å². The van der Waals surface area contributed by atoms with E-state index in [0.29, 0.717) is 6.04 Å². The fraction of sp³-hybridized carbons (Fsp3) is 0.571. The van der Waals surface area contributed by atoms with E-state index in [0.717, 1.165) is 17.5 Å². The highest BCUT2D eigenvalue weighted by molar-refractivity contribution is 6.30. The van der Waals surface area contributed by atoms with Crippen LogP contribution in [0.1, 0.15) is 18.4 Å². The fourth-order valence-electron chi connectivity index (χ4n) is 3.05. The van der Waals surface area contributed by atoms with Crippen LogP contribution in [0.5, 0.6) is 0 Å². The second-order valence-corrected chi connectivity index (χ2v) is 5.69. The van der Waals surface area contributed by atoms with E-state index >= 15 is 0 Å². The van der Waals surface area contributed by atoms with Crippen LogP contribution in [0.25, 0.3) is 0 Å². The van der Waals surface area contributed by atoms with Crippen LogP contribution in [-0.2, 0) is 6.54 Å². The van der Waals surface area contributed by atoms with Gasteiger partial charge in [-0.05, 0) is 49.5 Å². The van der Waals surface area contributed by atoms with Gasteiger partial charge in [-0.1, -0.05) is 23.7 Å². The first-order valence-electron chi connectivity index (χ1n) is 6.51. The highest BCUT2D eigenvalue weighted by atomic mass is 35.5. The second kappa shape index (κ2) is 7.70. The lowest BCUT2D eigenvalue weighted by atomic mass is 9.84. The Morgan fingerprint density at radius 2 is 1.74 bits per heavy atom. The molecule has 0 amide bonds. The molecule has 3 fully saturated rings. The van der Waals surface area contributed by atoms with Gasteiger partial charge < -0.3 is 10.2 Å². The van der Waals surface area contributed by atoms with Gasteiger partial charge >= 0.3 is 0 Å². The van der Waals surface area contributed by atoms with Crippen molar-refractivity contribution in [1.29, 1.82) is 0 Å². The summed E-state index contributed by atoms with van der Waals surface area (Å²) in [6.45, 7) is 4.82. The van der Waals surface area contributed by atoms with Crippen molar-refractivity contribution in [3.05, 3.63) is 34.9 Å². The average Bonchev–Trinajstić information content (AvgIpc) is 2.39. The van der Waals surface area contributed by atoms with Gasteiger partial charge in [0.15, 0.2) is 0 Å². The third-order valence-electron chi connectivity index (χ3n) is 4.14. The Balaban J connectivity index is 0.000000902. The molecular formula is C14H21Cl3N2. The maximum absolute atomic E-state index is 5.88. The Morgan fingerprint density at radius 1 is 1.11 bits per heavy atom. The Morgan fingerprint density at radius 3 is 2.26 bits per heavy atom. The van der Waals surface area contributed by atoms with Gasteiger partial charge in [-0.3, -0.25) is 0 Å². The van der Waals surface area contributed by atoms with Gasteiger partial charge in [0, 0.05) is 24.2 Å². The summed E-state index contributed by atoms with van der Waals surface area (Å²) >= 11 is 5.88. The van der Waals surface area contributed by atoms with Crippen LogP contribution in [0.15, 0.2) is 24.3 Å². The molecule has 3 aliphatic rings. The summed E-state index contributed by atoms with van der Waals surface area (Å²) in [5.74, 6) is 0.896. The predicted molar refractivity (Wildman–Crippen MR) is 85.7 cm³/mol. The van der Waals surface area contributed by atoms with Crippen molar-refractivity contribution in [2.24, 2.45) is 5.92 Å². The van der Waals surface area contributed by atoms with E-state index in [9.17, 15) is 0 Å². The topological polar surface area (TPSA) is 15.3 Å². The first kappa shape index (κ1) is 17.1. The average molecular weight is 324 g/mol. The first-order valence-corrected chi connectivity index (χ1v) is 6.89. The predicted octanol–water partition coefficient (Wildman–Crippen LogP) is 3.37. The number of halogens is 3. The Bertz CT molecular complexity index is 375. The van der Waals surface area contributed by atoms with Gasteiger partial charge in [-0.15, -0.1) is 24.8 Å². The summed E-state index contributed by atoms with van der Waals surface area (Å²) in [7, 11) is 0. The molecule has 0 aromatic heterocycles. The number of benzene rings is 1. The summed E-state index contributed by atoms with van der Waals surface area (Å²) in [5.41, 5.74) is 1.32. The molecule has 19 heavy (non-hydrogen) atoms. The zero-order chi connectivity index (χ0) is 11.7. The quantitative estimate of drug-likeness (QED) is 0.917. The highest BCUT2D eigenvalue weighted by Crippen LogP contribution is 2.27. The summed E-state index contributed by atoms with van der Waals surface area (Å²) in [6, 6.07) is 8.84. The SMILES string of the molecule is Cl.Cl.Clc1ccc(CNC2CN3CCC2CC3)cc1. The van der Waals surface area contributed by atoms with Crippen LogP contribution in [-0.4, -0.2) is 30.6 Å². The van der Waals surface area contributed by atoms with E-state index in [2.05, 4.69) is 22.3 Å². The van der Waals surface area contributed by atoms with E-state index in [-0.39, 0.29) is 24.8 Å². The van der Waals surface area contributed by atoms with Gasteiger partial charge in [-0.25, -0.2) is 0 Å². The molecule has 5 heteroatoms. The third kappa shape index (κ3) is 4.24. The van der Waals surface area contributed by atoms with Gasteiger partial charge in [-0.2, -0.15) is 0 Å². The first-order chi connectivity index (χ1) is 8.31. The molecule has 3 saturated heterocycles. The third-order valence-corrected chi connectivity index (χ3v) is 4.39. The Hall–Kier alpha value is 0.01000. The van der Waals surface area contributed by atoms with Crippen LogP contribution >= 0.6 is 36.4 Å². The van der Waals surface area contributed by atoms with E-state index < -0.39 is 0 Å². The van der Waals surface area contributed by atoms with Crippen molar-refractivity contribution in [2.75, 3.05) is 19.6 Å². The summed E-state index contributed by atoms with van der Waals surface area (Å²) in [6.07, 6.45) is 2.75. The summed E-state index contributed by atoms with van der Waals surface area (Å²) in [5, 5.41) is 4.52. The van der Waals surface area contributed by atoms with Gasteiger partial charge in [0.2, 0.25) is 0 Å². The molecule has 3 aliphatic heterocycles. The number of piperidine rings is 3. The van der Waals surface area contributed by atoms with Crippen LogP contribution < -0.4 is 5.32 Å². The van der Waals surface area contributed by atoms with Crippen molar-refractivity contribution in [3.8, 4) is 0 Å². The number of fused-ring (bicyclic) bond motifs is 3. The van der Waals surface area contributed by atoms with Crippen LogP contribution in [0.2, 0.25) is 5.02 Å². The Kier molecular flexibility index (Phi) is 6.92.